The normalized spacial score (nSPS) is 49.1. The molecule has 0 saturated heterocycles. The molecule has 1 saturated carbocycles. The van der Waals surface area contributed by atoms with E-state index in [-0.39, 0.29) is 16.9 Å². The Morgan fingerprint density at radius 3 is 2.86 bits per heavy atom. The van der Waals surface area contributed by atoms with Gasteiger partial charge in [0.05, 0.1) is 6.10 Å². The fourth-order valence-corrected chi connectivity index (χ4v) is 6.01. The second-order valence-electron chi connectivity index (χ2n) is 8.17. The van der Waals surface area contributed by atoms with Gasteiger partial charge in [0.25, 0.3) is 0 Å². The van der Waals surface area contributed by atoms with Crippen LogP contribution in [0.1, 0.15) is 46.5 Å². The Kier molecular flexibility index (Phi) is 3.10. The smallest absolute Gasteiger partial charge is 0.0637 e. The molecule has 1 nitrogen and oxygen atoms in total. The minimum atomic E-state index is -0.192. The first kappa shape index (κ1) is 14.5. The second-order valence-corrected chi connectivity index (χ2v) is 8.17. The summed E-state index contributed by atoms with van der Waals surface area (Å²) in [6.07, 6.45) is 18.2. The summed E-state index contributed by atoms with van der Waals surface area (Å²) in [6.45, 7) is 6.98. The Morgan fingerprint density at radius 1 is 1.27 bits per heavy atom. The van der Waals surface area contributed by atoms with Gasteiger partial charge in [-0.05, 0) is 54.4 Å². The molecule has 4 aliphatic carbocycles. The zero-order chi connectivity index (χ0) is 15.5. The van der Waals surface area contributed by atoms with E-state index in [1.165, 1.54) is 11.1 Å². The van der Waals surface area contributed by atoms with Crippen LogP contribution in [0.2, 0.25) is 0 Å². The number of hydrogen-bond donors (Lipinski definition) is 1. The van der Waals surface area contributed by atoms with E-state index in [0.717, 1.165) is 25.7 Å². The third-order valence-electron chi connectivity index (χ3n) is 7.49. The van der Waals surface area contributed by atoms with Crippen LogP contribution >= 0.6 is 0 Å². The van der Waals surface area contributed by atoms with Crippen molar-refractivity contribution >= 4 is 0 Å². The largest absolute Gasteiger partial charge is 0.392 e. The fraction of sp³-hybridized carbons (Fsp3) is 0.619. The topological polar surface area (TPSA) is 20.2 Å². The van der Waals surface area contributed by atoms with Crippen LogP contribution in [-0.4, -0.2) is 11.2 Å². The Balaban J connectivity index is 1.77. The Labute approximate surface area is 134 Å². The first-order chi connectivity index (χ1) is 10.5. The van der Waals surface area contributed by atoms with Gasteiger partial charge in [-0.2, -0.15) is 0 Å². The summed E-state index contributed by atoms with van der Waals surface area (Å²) in [5.41, 5.74) is 3.17. The van der Waals surface area contributed by atoms with Crippen molar-refractivity contribution in [3.8, 4) is 0 Å². The molecule has 0 aromatic heterocycles. The Bertz CT molecular complexity index is 607. The van der Waals surface area contributed by atoms with E-state index in [2.05, 4.69) is 57.2 Å². The van der Waals surface area contributed by atoms with Crippen molar-refractivity contribution in [1.29, 1.82) is 0 Å². The van der Waals surface area contributed by atoms with Gasteiger partial charge in [0.1, 0.15) is 0 Å². The summed E-state index contributed by atoms with van der Waals surface area (Å²) < 4.78 is 0. The van der Waals surface area contributed by atoms with E-state index in [4.69, 9.17) is 0 Å². The van der Waals surface area contributed by atoms with Gasteiger partial charge < -0.3 is 5.11 Å². The summed E-state index contributed by atoms with van der Waals surface area (Å²) in [4.78, 5) is 0. The van der Waals surface area contributed by atoms with E-state index >= 15 is 0 Å². The van der Waals surface area contributed by atoms with Gasteiger partial charge in [0.2, 0.25) is 0 Å². The lowest BCUT2D eigenvalue weighted by molar-refractivity contribution is -0.0805. The summed E-state index contributed by atoms with van der Waals surface area (Å²) in [6, 6.07) is 0. The molecule has 1 N–H and O–H groups in total. The standard InChI is InChI=1S/C21H28O/c1-4-14-9-11-17-16-10-8-15-7-5-6-12-20(15,2)18(16)13-19(22)21(14,17)3/h5-10,16-19,22H,4,11-13H2,1-3H3/t16-,17-,18-,19+,20-,21+/m0/s1. The molecule has 118 valence electrons. The molecule has 22 heavy (non-hydrogen) atoms. The molecule has 0 heterocycles. The predicted octanol–water partition coefficient (Wildman–Crippen LogP) is 4.81. The molecule has 0 amide bonds. The van der Waals surface area contributed by atoms with Crippen LogP contribution in [0.3, 0.4) is 0 Å². The molecule has 0 unspecified atom stereocenters. The SMILES string of the molecule is CCC1=CC[C@H]2[C@@H]3C=CC4=CC=CC[C@]4(C)[C@H]3C[C@@H](O)[C@]12C. The molecule has 0 aliphatic heterocycles. The van der Waals surface area contributed by atoms with E-state index in [1.54, 1.807) is 0 Å². The molecule has 1 fully saturated rings. The van der Waals surface area contributed by atoms with Crippen molar-refractivity contribution in [2.75, 3.05) is 0 Å². The van der Waals surface area contributed by atoms with Crippen molar-refractivity contribution in [2.24, 2.45) is 28.6 Å². The van der Waals surface area contributed by atoms with Crippen LogP contribution in [0.5, 0.6) is 0 Å². The monoisotopic (exact) mass is 296 g/mol. The van der Waals surface area contributed by atoms with Gasteiger partial charge in [0, 0.05) is 5.41 Å². The van der Waals surface area contributed by atoms with Crippen molar-refractivity contribution in [2.45, 2.75) is 52.6 Å². The molecule has 0 spiro atoms. The summed E-state index contributed by atoms with van der Waals surface area (Å²) >= 11 is 0. The summed E-state index contributed by atoms with van der Waals surface area (Å²) in [5.74, 6) is 1.77. The molecule has 1 heteroatoms. The zero-order valence-corrected chi connectivity index (χ0v) is 14.0. The highest BCUT2D eigenvalue weighted by Crippen LogP contribution is 2.63. The molecule has 4 aliphatic rings. The minimum Gasteiger partial charge on any atom is -0.392 e. The average Bonchev–Trinajstić information content (AvgIpc) is 2.86. The van der Waals surface area contributed by atoms with Crippen LogP contribution in [0.25, 0.3) is 0 Å². The van der Waals surface area contributed by atoms with E-state index < -0.39 is 0 Å². The van der Waals surface area contributed by atoms with Crippen LogP contribution in [-0.2, 0) is 0 Å². The highest BCUT2D eigenvalue weighted by molar-refractivity contribution is 5.41. The highest BCUT2D eigenvalue weighted by Gasteiger charge is 2.58. The Hall–Kier alpha value is -1.08. The van der Waals surface area contributed by atoms with Crippen LogP contribution in [0.15, 0.2) is 47.6 Å². The van der Waals surface area contributed by atoms with Crippen molar-refractivity contribution in [3.05, 3.63) is 47.6 Å². The number of aliphatic hydroxyl groups is 1. The van der Waals surface area contributed by atoms with Gasteiger partial charge in [-0.1, -0.05) is 62.8 Å². The number of fused-ring (bicyclic) bond motifs is 5. The van der Waals surface area contributed by atoms with Gasteiger partial charge in [0.15, 0.2) is 0 Å². The molecule has 0 bridgehead atoms. The number of aliphatic hydroxyl groups excluding tert-OH is 1. The third-order valence-corrected chi connectivity index (χ3v) is 7.49. The molecule has 4 rings (SSSR count). The molecule has 0 aromatic rings. The van der Waals surface area contributed by atoms with Gasteiger partial charge in [-0.3, -0.25) is 0 Å². The van der Waals surface area contributed by atoms with Crippen molar-refractivity contribution < 1.29 is 5.11 Å². The van der Waals surface area contributed by atoms with Gasteiger partial charge in [-0.25, -0.2) is 0 Å². The number of hydrogen-bond acceptors (Lipinski definition) is 1. The molecule has 6 atom stereocenters. The molecule has 0 radical (unpaired) electrons. The fourth-order valence-electron chi connectivity index (χ4n) is 6.01. The first-order valence-electron chi connectivity index (χ1n) is 8.95. The van der Waals surface area contributed by atoms with Gasteiger partial charge >= 0.3 is 0 Å². The molecular formula is C21H28O. The quantitative estimate of drug-likeness (QED) is 0.689. The van der Waals surface area contributed by atoms with Crippen LogP contribution < -0.4 is 0 Å². The lowest BCUT2D eigenvalue weighted by Gasteiger charge is -2.57. The average molecular weight is 296 g/mol. The molecular weight excluding hydrogens is 268 g/mol. The second kappa shape index (κ2) is 4.71. The highest BCUT2D eigenvalue weighted by atomic mass is 16.3. The van der Waals surface area contributed by atoms with E-state index in [9.17, 15) is 5.11 Å². The van der Waals surface area contributed by atoms with Crippen molar-refractivity contribution in [3.63, 3.8) is 0 Å². The zero-order valence-electron chi connectivity index (χ0n) is 14.0. The van der Waals surface area contributed by atoms with E-state index in [1.807, 2.05) is 0 Å². The maximum absolute atomic E-state index is 11.1. The predicted molar refractivity (Wildman–Crippen MR) is 91.3 cm³/mol. The first-order valence-corrected chi connectivity index (χ1v) is 8.95. The minimum absolute atomic E-state index is 0.00232. The van der Waals surface area contributed by atoms with E-state index in [0.29, 0.717) is 17.8 Å². The summed E-state index contributed by atoms with van der Waals surface area (Å²) in [5, 5.41) is 11.1. The maximum atomic E-state index is 11.1. The number of rotatable bonds is 1. The van der Waals surface area contributed by atoms with Crippen molar-refractivity contribution in [1.82, 2.24) is 0 Å². The number of allylic oxidation sites excluding steroid dienone is 7. The lowest BCUT2D eigenvalue weighted by atomic mass is 9.48. The van der Waals surface area contributed by atoms with Gasteiger partial charge in [-0.15, -0.1) is 0 Å². The van der Waals surface area contributed by atoms with Crippen LogP contribution in [0.4, 0.5) is 0 Å². The van der Waals surface area contributed by atoms with Crippen LogP contribution in [0, 0.1) is 28.6 Å². The molecule has 0 aromatic carbocycles. The third kappa shape index (κ3) is 1.64. The summed E-state index contributed by atoms with van der Waals surface area (Å²) in [7, 11) is 0. The lowest BCUT2D eigenvalue weighted by Crippen LogP contribution is -2.54. The maximum Gasteiger partial charge on any atom is 0.0637 e. The Morgan fingerprint density at radius 2 is 2.09 bits per heavy atom.